The van der Waals surface area contributed by atoms with Gasteiger partial charge in [-0.3, -0.25) is 14.5 Å². The fraction of sp³-hybridized carbons (Fsp3) is 0.500. The van der Waals surface area contributed by atoms with Crippen LogP contribution in [0.5, 0.6) is 5.75 Å². The van der Waals surface area contributed by atoms with Gasteiger partial charge in [-0.15, -0.1) is 0 Å². The molecule has 5 nitrogen and oxygen atoms in total. The van der Waals surface area contributed by atoms with Gasteiger partial charge in [-0.05, 0) is 24.1 Å². The first kappa shape index (κ1) is 15.5. The third-order valence-corrected chi connectivity index (χ3v) is 3.83. The number of likely N-dealkylation sites (tertiary alicyclic amines) is 1. The van der Waals surface area contributed by atoms with Crippen molar-refractivity contribution in [1.29, 1.82) is 0 Å². The molecule has 2 amide bonds. The fourth-order valence-corrected chi connectivity index (χ4v) is 2.59. The second-order valence-corrected chi connectivity index (χ2v) is 5.33. The lowest BCUT2D eigenvalue weighted by molar-refractivity contribution is -0.141. The number of carbonyl (C=O) groups excluding carboxylic acids is 2. The molecule has 1 aliphatic rings. The molecule has 2 rings (SSSR count). The second kappa shape index (κ2) is 6.72. The van der Waals surface area contributed by atoms with E-state index in [4.69, 9.17) is 4.74 Å². The SMILES string of the molecule is CCC[C@H](O)[C@@H]1CC(=O)N(Cc2ccc(OC)cc2)C1=O. The molecule has 0 radical (unpaired) electrons. The Balaban J connectivity index is 2.05. The lowest BCUT2D eigenvalue weighted by atomic mass is 9.97. The molecule has 114 valence electrons. The molecule has 5 heteroatoms. The molecule has 1 fully saturated rings. The van der Waals surface area contributed by atoms with E-state index in [9.17, 15) is 14.7 Å². The lowest BCUT2D eigenvalue weighted by Crippen LogP contribution is -2.33. The predicted octanol–water partition coefficient (Wildman–Crippen LogP) is 1.73. The Morgan fingerprint density at radius 3 is 2.57 bits per heavy atom. The van der Waals surface area contributed by atoms with E-state index < -0.39 is 12.0 Å². The van der Waals surface area contributed by atoms with Crippen LogP contribution in [-0.4, -0.2) is 35.0 Å². The third-order valence-electron chi connectivity index (χ3n) is 3.83. The Morgan fingerprint density at radius 2 is 2.00 bits per heavy atom. The Labute approximate surface area is 124 Å². The number of nitrogens with zero attached hydrogens (tertiary/aromatic N) is 1. The summed E-state index contributed by atoms with van der Waals surface area (Å²) in [5.74, 6) is -0.336. The summed E-state index contributed by atoms with van der Waals surface area (Å²) in [7, 11) is 1.59. The van der Waals surface area contributed by atoms with E-state index in [-0.39, 0.29) is 24.8 Å². The van der Waals surface area contributed by atoms with Gasteiger partial charge in [0.2, 0.25) is 11.8 Å². The zero-order valence-electron chi connectivity index (χ0n) is 12.4. The maximum atomic E-state index is 12.3. The van der Waals surface area contributed by atoms with Crippen molar-refractivity contribution < 1.29 is 19.4 Å². The number of ether oxygens (including phenoxy) is 1. The van der Waals surface area contributed by atoms with Crippen molar-refractivity contribution in [2.75, 3.05) is 7.11 Å². The van der Waals surface area contributed by atoms with Crippen LogP contribution in [-0.2, 0) is 16.1 Å². The number of methoxy groups -OCH3 is 1. The molecular weight excluding hydrogens is 270 g/mol. The minimum absolute atomic E-state index is 0.107. The molecule has 21 heavy (non-hydrogen) atoms. The molecule has 1 aliphatic heterocycles. The monoisotopic (exact) mass is 291 g/mol. The van der Waals surface area contributed by atoms with Crippen LogP contribution >= 0.6 is 0 Å². The van der Waals surface area contributed by atoms with Crippen molar-refractivity contribution in [1.82, 2.24) is 4.90 Å². The van der Waals surface area contributed by atoms with Gasteiger partial charge >= 0.3 is 0 Å². The highest BCUT2D eigenvalue weighted by atomic mass is 16.5. The zero-order chi connectivity index (χ0) is 15.4. The normalized spacial score (nSPS) is 20.0. The topological polar surface area (TPSA) is 66.8 Å². The molecule has 1 N–H and O–H groups in total. The van der Waals surface area contributed by atoms with Crippen LogP contribution < -0.4 is 4.74 Å². The van der Waals surface area contributed by atoms with Crippen LogP contribution in [0, 0.1) is 5.92 Å². The summed E-state index contributed by atoms with van der Waals surface area (Å²) in [6, 6.07) is 7.25. The summed E-state index contributed by atoms with van der Waals surface area (Å²) in [6.07, 6.45) is 0.709. The van der Waals surface area contributed by atoms with E-state index in [1.54, 1.807) is 19.2 Å². The van der Waals surface area contributed by atoms with Crippen molar-refractivity contribution in [3.63, 3.8) is 0 Å². The van der Waals surface area contributed by atoms with Crippen LogP contribution in [0.15, 0.2) is 24.3 Å². The molecule has 0 unspecified atom stereocenters. The van der Waals surface area contributed by atoms with Crippen LogP contribution in [0.3, 0.4) is 0 Å². The van der Waals surface area contributed by atoms with E-state index in [1.165, 1.54) is 4.90 Å². The molecule has 1 saturated heterocycles. The number of imide groups is 1. The quantitative estimate of drug-likeness (QED) is 0.811. The summed E-state index contributed by atoms with van der Waals surface area (Å²) < 4.78 is 5.08. The lowest BCUT2D eigenvalue weighted by Gasteiger charge is -2.18. The molecule has 1 aromatic rings. The maximum absolute atomic E-state index is 12.3. The van der Waals surface area contributed by atoms with Gasteiger partial charge in [-0.25, -0.2) is 0 Å². The maximum Gasteiger partial charge on any atom is 0.235 e. The van der Waals surface area contributed by atoms with Gasteiger partial charge in [-0.1, -0.05) is 25.5 Å². The number of aliphatic hydroxyl groups excluding tert-OH is 1. The molecule has 0 saturated carbocycles. The first-order valence-corrected chi connectivity index (χ1v) is 7.22. The van der Waals surface area contributed by atoms with E-state index >= 15 is 0 Å². The van der Waals surface area contributed by atoms with Crippen LogP contribution in [0.2, 0.25) is 0 Å². The van der Waals surface area contributed by atoms with E-state index in [0.717, 1.165) is 17.7 Å². The van der Waals surface area contributed by atoms with Crippen molar-refractivity contribution in [3.05, 3.63) is 29.8 Å². The Hall–Kier alpha value is -1.88. The second-order valence-electron chi connectivity index (χ2n) is 5.33. The van der Waals surface area contributed by atoms with Crippen molar-refractivity contribution in [3.8, 4) is 5.75 Å². The number of aliphatic hydroxyl groups is 1. The largest absolute Gasteiger partial charge is 0.497 e. The van der Waals surface area contributed by atoms with Gasteiger partial charge in [0.1, 0.15) is 5.75 Å². The van der Waals surface area contributed by atoms with Gasteiger partial charge in [0.25, 0.3) is 0 Å². The predicted molar refractivity (Wildman–Crippen MR) is 77.6 cm³/mol. The van der Waals surface area contributed by atoms with Crippen LogP contribution in [0.1, 0.15) is 31.7 Å². The molecule has 0 spiro atoms. The average molecular weight is 291 g/mol. The van der Waals surface area contributed by atoms with E-state index in [2.05, 4.69) is 0 Å². The summed E-state index contributed by atoms with van der Waals surface area (Å²) in [5.41, 5.74) is 0.864. The molecule has 0 aliphatic carbocycles. The first-order chi connectivity index (χ1) is 10.1. The van der Waals surface area contributed by atoms with Gasteiger partial charge in [-0.2, -0.15) is 0 Å². The highest BCUT2D eigenvalue weighted by Gasteiger charge is 2.41. The molecule has 0 aromatic heterocycles. The fourth-order valence-electron chi connectivity index (χ4n) is 2.59. The average Bonchev–Trinajstić information content (AvgIpc) is 2.76. The highest BCUT2D eigenvalue weighted by Crippen LogP contribution is 2.26. The number of rotatable bonds is 6. The number of amides is 2. The molecule has 2 atom stereocenters. The number of hydrogen-bond donors (Lipinski definition) is 1. The van der Waals surface area contributed by atoms with Gasteiger partial charge in [0.05, 0.1) is 25.7 Å². The standard InChI is InChI=1S/C16H21NO4/c1-3-4-14(18)13-9-15(19)17(16(13)20)10-11-5-7-12(21-2)8-6-11/h5-8,13-14,18H,3-4,9-10H2,1-2H3/t13-,14-/m0/s1. The summed E-state index contributed by atoms with van der Waals surface area (Å²) in [4.78, 5) is 25.5. The first-order valence-electron chi connectivity index (χ1n) is 7.22. The Bertz CT molecular complexity index is 512. The van der Waals surface area contributed by atoms with Crippen LogP contribution in [0.4, 0.5) is 0 Å². The number of carbonyl (C=O) groups is 2. The van der Waals surface area contributed by atoms with Gasteiger partial charge < -0.3 is 9.84 Å². The minimum atomic E-state index is -0.729. The van der Waals surface area contributed by atoms with Crippen LogP contribution in [0.25, 0.3) is 0 Å². The molecular formula is C16H21NO4. The summed E-state index contributed by atoms with van der Waals surface area (Å²) in [6.45, 7) is 2.19. The minimum Gasteiger partial charge on any atom is -0.497 e. The molecule has 0 bridgehead atoms. The van der Waals surface area contributed by atoms with E-state index in [0.29, 0.717) is 6.42 Å². The van der Waals surface area contributed by atoms with Crippen molar-refractivity contribution >= 4 is 11.8 Å². The summed E-state index contributed by atoms with van der Waals surface area (Å²) >= 11 is 0. The van der Waals surface area contributed by atoms with Crippen molar-refractivity contribution in [2.24, 2.45) is 5.92 Å². The van der Waals surface area contributed by atoms with Gasteiger partial charge in [0, 0.05) is 6.42 Å². The van der Waals surface area contributed by atoms with Crippen molar-refractivity contribution in [2.45, 2.75) is 38.8 Å². The smallest absolute Gasteiger partial charge is 0.235 e. The Morgan fingerprint density at radius 1 is 1.33 bits per heavy atom. The molecule has 1 aromatic carbocycles. The van der Waals surface area contributed by atoms with E-state index in [1.807, 2.05) is 19.1 Å². The highest BCUT2D eigenvalue weighted by molar-refractivity contribution is 6.03. The zero-order valence-corrected chi connectivity index (χ0v) is 12.4. The number of benzene rings is 1. The number of hydrogen-bond acceptors (Lipinski definition) is 4. The third kappa shape index (κ3) is 3.42. The summed E-state index contributed by atoms with van der Waals surface area (Å²) in [5, 5.41) is 9.97. The molecule has 1 heterocycles. The van der Waals surface area contributed by atoms with Gasteiger partial charge in [0.15, 0.2) is 0 Å². The Kier molecular flexibility index (Phi) is 4.96.